The highest BCUT2D eigenvalue weighted by Crippen LogP contribution is 2.33. The van der Waals surface area contributed by atoms with E-state index in [9.17, 15) is 8.78 Å². The van der Waals surface area contributed by atoms with E-state index >= 15 is 0 Å². The number of benzene rings is 2. The fraction of sp³-hybridized carbons (Fsp3) is 0.238. The van der Waals surface area contributed by atoms with E-state index in [0.29, 0.717) is 29.7 Å². The smallest absolute Gasteiger partial charge is 0.177 e. The van der Waals surface area contributed by atoms with Crippen molar-refractivity contribution in [3.8, 4) is 5.75 Å². The van der Waals surface area contributed by atoms with E-state index in [-0.39, 0.29) is 18.4 Å². The first kappa shape index (κ1) is 18.6. The fourth-order valence-electron chi connectivity index (χ4n) is 3.48. The van der Waals surface area contributed by atoms with E-state index in [1.54, 1.807) is 0 Å². The number of aromatic nitrogens is 2. The van der Waals surface area contributed by atoms with Crippen molar-refractivity contribution in [1.82, 2.24) is 9.55 Å². The number of aromatic amines is 1. The lowest BCUT2D eigenvalue weighted by molar-refractivity contribution is 0.210. The van der Waals surface area contributed by atoms with E-state index in [1.165, 1.54) is 6.07 Å². The number of aliphatic imine (C=N–C) groups is 1. The molecule has 1 aromatic heterocycles. The fourth-order valence-corrected chi connectivity index (χ4v) is 3.81. The lowest BCUT2D eigenvalue weighted by Crippen LogP contribution is -2.26. The number of ether oxygens (including phenoxy) is 1. The van der Waals surface area contributed by atoms with Gasteiger partial charge >= 0.3 is 0 Å². The molecule has 28 heavy (non-hydrogen) atoms. The number of rotatable bonds is 5. The van der Waals surface area contributed by atoms with Crippen LogP contribution in [0.2, 0.25) is 0 Å². The van der Waals surface area contributed by atoms with Gasteiger partial charge in [-0.05, 0) is 23.8 Å². The standard InChI is InChI=1S/C21H19F2N3OS/c22-16-8-15-9-18(13-27-20(15)19(23)10-16)26-17(12-25-21(26)28)6-7-24-11-14-4-2-1-3-5-14/h1-5,8,10-12,18H,6-7,9,13H2,(H,25,28)/b24-11-/t18-/m1/s1. The van der Waals surface area contributed by atoms with Crippen LogP contribution in [0.5, 0.6) is 5.75 Å². The number of halogens is 2. The summed E-state index contributed by atoms with van der Waals surface area (Å²) in [5.74, 6) is -1.14. The quantitative estimate of drug-likeness (QED) is 0.501. The number of nitrogens with one attached hydrogen (secondary N) is 1. The number of hydrogen-bond acceptors (Lipinski definition) is 3. The zero-order chi connectivity index (χ0) is 19.5. The van der Waals surface area contributed by atoms with E-state index in [4.69, 9.17) is 17.0 Å². The molecule has 0 saturated heterocycles. The summed E-state index contributed by atoms with van der Waals surface area (Å²) in [4.78, 5) is 7.54. The molecular formula is C21H19F2N3OS. The van der Waals surface area contributed by atoms with Gasteiger partial charge in [0.1, 0.15) is 12.4 Å². The first-order valence-corrected chi connectivity index (χ1v) is 9.47. The minimum atomic E-state index is -0.665. The molecular weight excluding hydrogens is 380 g/mol. The molecule has 0 spiro atoms. The number of imidazole rings is 1. The van der Waals surface area contributed by atoms with Crippen LogP contribution in [0.1, 0.15) is 22.9 Å². The van der Waals surface area contributed by atoms with Crippen molar-refractivity contribution in [1.29, 1.82) is 0 Å². The van der Waals surface area contributed by atoms with Crippen LogP contribution in [0.15, 0.2) is 53.7 Å². The molecule has 1 aliphatic rings. The van der Waals surface area contributed by atoms with Gasteiger partial charge in [0, 0.05) is 49.1 Å². The first-order valence-electron chi connectivity index (χ1n) is 9.06. The molecule has 0 radical (unpaired) electrons. The van der Waals surface area contributed by atoms with Gasteiger partial charge in [-0.3, -0.25) is 4.99 Å². The van der Waals surface area contributed by atoms with Crippen LogP contribution in [0, 0.1) is 16.4 Å². The Morgan fingerprint density at radius 1 is 1.25 bits per heavy atom. The maximum absolute atomic E-state index is 13.9. The zero-order valence-electron chi connectivity index (χ0n) is 15.1. The number of fused-ring (bicyclic) bond motifs is 1. The van der Waals surface area contributed by atoms with Gasteiger partial charge in [0.15, 0.2) is 16.3 Å². The zero-order valence-corrected chi connectivity index (χ0v) is 15.9. The van der Waals surface area contributed by atoms with Crippen LogP contribution in [-0.2, 0) is 12.8 Å². The molecule has 1 aliphatic heterocycles. The molecule has 0 saturated carbocycles. The predicted octanol–water partition coefficient (Wildman–Crippen LogP) is 4.66. The summed E-state index contributed by atoms with van der Waals surface area (Å²) in [5.41, 5.74) is 2.56. The van der Waals surface area contributed by atoms with Gasteiger partial charge in [-0.1, -0.05) is 30.3 Å². The molecule has 0 unspecified atom stereocenters. The molecule has 0 bridgehead atoms. The van der Waals surface area contributed by atoms with Crippen molar-refractivity contribution in [2.45, 2.75) is 18.9 Å². The highest BCUT2D eigenvalue weighted by Gasteiger charge is 2.26. The summed E-state index contributed by atoms with van der Waals surface area (Å²) in [6.45, 7) is 0.886. The molecule has 0 aliphatic carbocycles. The van der Waals surface area contributed by atoms with Gasteiger partial charge in [0.25, 0.3) is 0 Å². The Kier molecular flexibility index (Phi) is 5.34. The van der Waals surface area contributed by atoms with Gasteiger partial charge in [-0.15, -0.1) is 0 Å². The molecule has 2 aromatic carbocycles. The Balaban J connectivity index is 1.49. The van der Waals surface area contributed by atoms with Crippen molar-refractivity contribution in [2.75, 3.05) is 13.2 Å². The summed E-state index contributed by atoms with van der Waals surface area (Å²) < 4.78 is 35.6. The van der Waals surface area contributed by atoms with Gasteiger partial charge in [-0.2, -0.15) is 0 Å². The van der Waals surface area contributed by atoms with Crippen molar-refractivity contribution in [3.63, 3.8) is 0 Å². The molecule has 1 atom stereocenters. The van der Waals surface area contributed by atoms with Crippen LogP contribution in [0.4, 0.5) is 8.78 Å². The van der Waals surface area contributed by atoms with Crippen molar-refractivity contribution in [2.24, 2.45) is 4.99 Å². The second kappa shape index (κ2) is 8.06. The second-order valence-corrected chi connectivity index (χ2v) is 7.08. The topological polar surface area (TPSA) is 42.3 Å². The van der Waals surface area contributed by atoms with E-state index in [1.807, 2.05) is 47.3 Å². The summed E-state index contributed by atoms with van der Waals surface area (Å²) in [6, 6.07) is 11.9. The monoisotopic (exact) mass is 399 g/mol. The molecule has 4 rings (SSSR count). The second-order valence-electron chi connectivity index (χ2n) is 6.70. The number of nitrogens with zero attached hydrogens (tertiary/aromatic N) is 2. The molecule has 0 fully saturated rings. The van der Waals surface area contributed by atoms with Gasteiger partial charge < -0.3 is 14.3 Å². The van der Waals surface area contributed by atoms with Crippen LogP contribution < -0.4 is 4.74 Å². The molecule has 3 aromatic rings. The SMILES string of the molecule is Fc1cc(F)c2c(c1)C[C@@H](n1c(CC/N=C\c3ccccc3)c[nH]c1=S)CO2. The number of hydrogen-bond donors (Lipinski definition) is 1. The summed E-state index contributed by atoms with van der Waals surface area (Å²) in [5, 5.41) is 0. The predicted molar refractivity (Wildman–Crippen MR) is 107 cm³/mol. The van der Waals surface area contributed by atoms with Gasteiger partial charge in [0.05, 0.1) is 6.04 Å². The summed E-state index contributed by atoms with van der Waals surface area (Å²) in [6.07, 6.45) is 4.85. The van der Waals surface area contributed by atoms with Crippen molar-refractivity contribution < 1.29 is 13.5 Å². The Hall–Kier alpha value is -2.80. The average molecular weight is 399 g/mol. The lowest BCUT2D eigenvalue weighted by Gasteiger charge is -2.27. The van der Waals surface area contributed by atoms with Crippen molar-refractivity contribution >= 4 is 18.4 Å². The molecule has 4 nitrogen and oxygen atoms in total. The van der Waals surface area contributed by atoms with Crippen molar-refractivity contribution in [3.05, 3.63) is 81.9 Å². The number of H-pyrrole nitrogens is 1. The minimum absolute atomic E-state index is 0.124. The van der Waals surface area contributed by atoms with E-state index < -0.39 is 11.6 Å². The van der Waals surface area contributed by atoms with Crippen LogP contribution in [0.25, 0.3) is 0 Å². The third kappa shape index (κ3) is 3.89. The highest BCUT2D eigenvalue weighted by atomic mass is 32.1. The Morgan fingerprint density at radius 2 is 2.07 bits per heavy atom. The highest BCUT2D eigenvalue weighted by molar-refractivity contribution is 7.71. The molecule has 1 N–H and O–H groups in total. The third-order valence-corrected chi connectivity index (χ3v) is 5.07. The van der Waals surface area contributed by atoms with Gasteiger partial charge in [0.2, 0.25) is 0 Å². The molecule has 7 heteroatoms. The van der Waals surface area contributed by atoms with Crippen LogP contribution >= 0.6 is 12.2 Å². The normalized spacial score (nSPS) is 16.1. The first-order chi connectivity index (χ1) is 13.6. The maximum Gasteiger partial charge on any atom is 0.177 e. The Bertz CT molecular complexity index is 1060. The largest absolute Gasteiger partial charge is 0.488 e. The maximum atomic E-state index is 13.9. The lowest BCUT2D eigenvalue weighted by atomic mass is 10.0. The van der Waals surface area contributed by atoms with E-state index in [0.717, 1.165) is 17.3 Å². The minimum Gasteiger partial charge on any atom is -0.488 e. The average Bonchev–Trinajstić information content (AvgIpc) is 3.06. The third-order valence-electron chi connectivity index (χ3n) is 4.75. The summed E-state index contributed by atoms with van der Waals surface area (Å²) >= 11 is 5.42. The molecule has 2 heterocycles. The Labute approximate surface area is 166 Å². The van der Waals surface area contributed by atoms with Gasteiger partial charge in [-0.25, -0.2) is 8.78 Å². The van der Waals surface area contributed by atoms with Crippen LogP contribution in [0.3, 0.4) is 0 Å². The van der Waals surface area contributed by atoms with Crippen LogP contribution in [-0.4, -0.2) is 28.9 Å². The Morgan fingerprint density at radius 3 is 2.89 bits per heavy atom. The van der Waals surface area contributed by atoms with E-state index in [2.05, 4.69) is 9.98 Å². The summed E-state index contributed by atoms with van der Waals surface area (Å²) in [7, 11) is 0. The molecule has 144 valence electrons. The molecule has 0 amide bonds.